The SMILES string of the molecule is COc1ccc(NC(=S)NC(=O)c2ccc(C)c(Cl)c2)cc1. The molecule has 22 heavy (non-hydrogen) atoms. The molecule has 6 heteroatoms. The van der Waals surface area contributed by atoms with Crippen LogP contribution in [0.4, 0.5) is 5.69 Å². The van der Waals surface area contributed by atoms with Crippen LogP contribution in [-0.2, 0) is 0 Å². The van der Waals surface area contributed by atoms with Gasteiger partial charge in [0.1, 0.15) is 5.75 Å². The van der Waals surface area contributed by atoms with Crippen LogP contribution >= 0.6 is 23.8 Å². The standard InChI is InChI=1S/C16H15ClN2O2S/c1-10-3-4-11(9-14(10)17)15(20)19-16(22)18-12-5-7-13(21-2)8-6-12/h3-9H,1-2H3,(H2,18,19,20,22). The first kappa shape index (κ1) is 16.3. The van der Waals surface area contributed by atoms with Crippen molar-refractivity contribution < 1.29 is 9.53 Å². The Kier molecular flexibility index (Phi) is 5.35. The lowest BCUT2D eigenvalue weighted by Gasteiger charge is -2.10. The van der Waals surface area contributed by atoms with Crippen LogP contribution in [-0.4, -0.2) is 18.1 Å². The number of benzene rings is 2. The zero-order chi connectivity index (χ0) is 16.1. The number of ether oxygens (including phenoxy) is 1. The van der Waals surface area contributed by atoms with Gasteiger partial charge >= 0.3 is 0 Å². The van der Waals surface area contributed by atoms with E-state index >= 15 is 0 Å². The smallest absolute Gasteiger partial charge is 0.257 e. The first-order valence-corrected chi connectivity index (χ1v) is 7.31. The molecule has 0 fully saturated rings. The minimum Gasteiger partial charge on any atom is -0.497 e. The number of hydrogen-bond donors (Lipinski definition) is 2. The van der Waals surface area contributed by atoms with E-state index in [4.69, 9.17) is 28.6 Å². The van der Waals surface area contributed by atoms with Crippen LogP contribution in [0.2, 0.25) is 5.02 Å². The summed E-state index contributed by atoms with van der Waals surface area (Å²) >= 11 is 11.1. The molecule has 0 atom stereocenters. The summed E-state index contributed by atoms with van der Waals surface area (Å²) < 4.78 is 5.07. The molecule has 0 saturated heterocycles. The molecule has 0 unspecified atom stereocenters. The van der Waals surface area contributed by atoms with E-state index in [-0.39, 0.29) is 11.0 Å². The largest absolute Gasteiger partial charge is 0.497 e. The van der Waals surface area contributed by atoms with Crippen LogP contribution in [0.5, 0.6) is 5.75 Å². The second-order valence-electron chi connectivity index (χ2n) is 4.60. The number of carbonyl (C=O) groups excluding carboxylic acids is 1. The molecule has 0 aromatic heterocycles. The number of halogens is 1. The molecule has 0 aliphatic carbocycles. The van der Waals surface area contributed by atoms with E-state index < -0.39 is 0 Å². The van der Waals surface area contributed by atoms with Crippen molar-refractivity contribution in [2.45, 2.75) is 6.92 Å². The Morgan fingerprint density at radius 1 is 1.18 bits per heavy atom. The van der Waals surface area contributed by atoms with Gasteiger partial charge in [0.05, 0.1) is 7.11 Å². The van der Waals surface area contributed by atoms with Crippen molar-refractivity contribution in [1.82, 2.24) is 5.32 Å². The molecule has 114 valence electrons. The summed E-state index contributed by atoms with van der Waals surface area (Å²) in [5.74, 6) is 0.433. The van der Waals surface area contributed by atoms with Gasteiger partial charge in [0, 0.05) is 16.3 Å². The highest BCUT2D eigenvalue weighted by molar-refractivity contribution is 7.80. The minimum absolute atomic E-state index is 0.215. The molecule has 0 saturated carbocycles. The topological polar surface area (TPSA) is 50.4 Å². The molecule has 0 aliphatic rings. The Hall–Kier alpha value is -2.11. The van der Waals surface area contributed by atoms with Crippen molar-refractivity contribution in [1.29, 1.82) is 0 Å². The molecule has 2 aromatic rings. The number of thiocarbonyl (C=S) groups is 1. The van der Waals surface area contributed by atoms with E-state index in [9.17, 15) is 4.79 Å². The van der Waals surface area contributed by atoms with Gasteiger partial charge in [0.2, 0.25) is 0 Å². The van der Waals surface area contributed by atoms with E-state index in [0.717, 1.165) is 17.0 Å². The average molecular weight is 335 g/mol. The second-order valence-corrected chi connectivity index (χ2v) is 5.42. The molecule has 2 N–H and O–H groups in total. The lowest BCUT2D eigenvalue weighted by molar-refractivity contribution is 0.0977. The second kappa shape index (κ2) is 7.24. The fourth-order valence-corrected chi connectivity index (χ4v) is 2.14. The zero-order valence-electron chi connectivity index (χ0n) is 12.1. The summed E-state index contributed by atoms with van der Waals surface area (Å²) in [4.78, 5) is 12.1. The summed E-state index contributed by atoms with van der Waals surface area (Å²) in [7, 11) is 1.60. The molecular weight excluding hydrogens is 320 g/mol. The van der Waals surface area contributed by atoms with Gasteiger partial charge in [-0.15, -0.1) is 0 Å². The number of nitrogens with one attached hydrogen (secondary N) is 2. The van der Waals surface area contributed by atoms with Crippen molar-refractivity contribution in [2.24, 2.45) is 0 Å². The maximum Gasteiger partial charge on any atom is 0.257 e. The van der Waals surface area contributed by atoms with Gasteiger partial charge in [-0.05, 0) is 61.1 Å². The normalized spacial score (nSPS) is 9.95. The van der Waals surface area contributed by atoms with Gasteiger partial charge in [0.25, 0.3) is 5.91 Å². The third-order valence-electron chi connectivity index (χ3n) is 3.01. The molecule has 1 amide bonds. The summed E-state index contributed by atoms with van der Waals surface area (Å²) in [6.45, 7) is 1.87. The third-order valence-corrected chi connectivity index (χ3v) is 3.62. The number of methoxy groups -OCH3 is 1. The van der Waals surface area contributed by atoms with Crippen molar-refractivity contribution in [3.63, 3.8) is 0 Å². The molecule has 0 aliphatic heterocycles. The summed E-state index contributed by atoms with van der Waals surface area (Å²) in [5, 5.41) is 6.30. The molecule has 2 rings (SSSR count). The van der Waals surface area contributed by atoms with Gasteiger partial charge in [-0.3, -0.25) is 10.1 Å². The number of carbonyl (C=O) groups is 1. The monoisotopic (exact) mass is 334 g/mol. The third kappa shape index (κ3) is 4.19. The average Bonchev–Trinajstić information content (AvgIpc) is 2.50. The van der Waals surface area contributed by atoms with Crippen LogP contribution in [0.15, 0.2) is 42.5 Å². The molecule has 4 nitrogen and oxygen atoms in total. The van der Waals surface area contributed by atoms with Crippen LogP contribution in [0, 0.1) is 6.92 Å². The summed E-state index contributed by atoms with van der Waals surface area (Å²) in [6, 6.07) is 12.3. The van der Waals surface area contributed by atoms with Crippen LogP contribution in [0.1, 0.15) is 15.9 Å². The van der Waals surface area contributed by atoms with Crippen LogP contribution in [0.25, 0.3) is 0 Å². The zero-order valence-corrected chi connectivity index (χ0v) is 13.7. The number of aryl methyl sites for hydroxylation is 1. The lowest BCUT2D eigenvalue weighted by Crippen LogP contribution is -2.34. The lowest BCUT2D eigenvalue weighted by atomic mass is 10.1. The summed E-state index contributed by atoms with van der Waals surface area (Å²) in [5.41, 5.74) is 2.12. The van der Waals surface area contributed by atoms with Crippen molar-refractivity contribution >= 4 is 40.5 Å². The van der Waals surface area contributed by atoms with Gasteiger partial charge in [-0.2, -0.15) is 0 Å². The van der Waals surface area contributed by atoms with E-state index in [2.05, 4.69) is 10.6 Å². The van der Waals surface area contributed by atoms with E-state index in [1.165, 1.54) is 0 Å². The highest BCUT2D eigenvalue weighted by atomic mass is 35.5. The molecule has 0 heterocycles. The number of hydrogen-bond acceptors (Lipinski definition) is 3. The highest BCUT2D eigenvalue weighted by Crippen LogP contribution is 2.17. The number of anilines is 1. The number of amides is 1. The van der Waals surface area contributed by atoms with E-state index in [1.54, 1.807) is 49.6 Å². The van der Waals surface area contributed by atoms with Gasteiger partial charge in [-0.25, -0.2) is 0 Å². The first-order valence-electron chi connectivity index (χ1n) is 6.52. The van der Waals surface area contributed by atoms with Gasteiger partial charge in [0.15, 0.2) is 5.11 Å². The molecule has 0 radical (unpaired) electrons. The van der Waals surface area contributed by atoms with Gasteiger partial charge in [-0.1, -0.05) is 17.7 Å². The minimum atomic E-state index is -0.312. The predicted octanol–water partition coefficient (Wildman–Crippen LogP) is 3.78. The fraction of sp³-hybridized carbons (Fsp3) is 0.125. The van der Waals surface area contributed by atoms with Crippen molar-refractivity contribution in [3.05, 3.63) is 58.6 Å². The maximum absolute atomic E-state index is 12.1. The van der Waals surface area contributed by atoms with E-state index in [0.29, 0.717) is 10.6 Å². The van der Waals surface area contributed by atoms with Crippen LogP contribution in [0.3, 0.4) is 0 Å². The Balaban J connectivity index is 1.98. The maximum atomic E-state index is 12.1. The van der Waals surface area contributed by atoms with Gasteiger partial charge < -0.3 is 10.1 Å². The summed E-state index contributed by atoms with van der Waals surface area (Å²) in [6.07, 6.45) is 0. The highest BCUT2D eigenvalue weighted by Gasteiger charge is 2.09. The van der Waals surface area contributed by atoms with Crippen LogP contribution < -0.4 is 15.4 Å². The molecule has 0 bridgehead atoms. The first-order chi connectivity index (χ1) is 10.5. The Morgan fingerprint density at radius 3 is 2.45 bits per heavy atom. The fourth-order valence-electron chi connectivity index (χ4n) is 1.75. The molecule has 0 spiro atoms. The number of rotatable bonds is 3. The molecular formula is C16H15ClN2O2S. The van der Waals surface area contributed by atoms with Crippen molar-refractivity contribution in [3.8, 4) is 5.75 Å². The van der Waals surface area contributed by atoms with Crippen molar-refractivity contribution in [2.75, 3.05) is 12.4 Å². The van der Waals surface area contributed by atoms with E-state index in [1.807, 2.05) is 6.92 Å². The predicted molar refractivity (Wildman–Crippen MR) is 92.9 cm³/mol. The molecule has 2 aromatic carbocycles. The quantitative estimate of drug-likeness (QED) is 0.839. The Morgan fingerprint density at radius 2 is 1.86 bits per heavy atom. The Bertz CT molecular complexity index is 702. The Labute approximate surface area is 139 Å².